The molecule has 9 heteroatoms. The Morgan fingerprint density at radius 1 is 1.14 bits per heavy atom. The Labute approximate surface area is 166 Å². The number of pyridine rings is 1. The summed E-state index contributed by atoms with van der Waals surface area (Å²) >= 11 is 0. The van der Waals surface area contributed by atoms with Gasteiger partial charge in [0.05, 0.1) is 18.0 Å². The van der Waals surface area contributed by atoms with Crippen molar-refractivity contribution in [3.05, 3.63) is 65.6 Å². The molecule has 1 fully saturated rings. The van der Waals surface area contributed by atoms with Crippen molar-refractivity contribution < 1.29 is 13.6 Å². The maximum atomic E-state index is 14.4. The molecule has 1 saturated carbocycles. The molecule has 0 bridgehead atoms. The summed E-state index contributed by atoms with van der Waals surface area (Å²) in [4.78, 5) is 18.2. The number of benzene rings is 1. The highest BCUT2D eigenvalue weighted by molar-refractivity contribution is 5.98. The number of rotatable bonds is 5. The van der Waals surface area contributed by atoms with E-state index in [0.29, 0.717) is 6.07 Å². The second kappa shape index (κ2) is 7.94. The molecule has 2 heterocycles. The molecule has 0 aliphatic heterocycles. The number of aromatic nitrogens is 4. The molecule has 2 N–H and O–H groups in total. The van der Waals surface area contributed by atoms with Gasteiger partial charge in [-0.1, -0.05) is 6.07 Å². The lowest BCUT2D eigenvalue weighted by Crippen LogP contribution is -2.43. The third-order valence-electron chi connectivity index (χ3n) is 4.97. The Morgan fingerprint density at radius 3 is 2.62 bits per heavy atom. The summed E-state index contributed by atoms with van der Waals surface area (Å²) in [6, 6.07) is 5.32. The molecular formula is C20H20F2N6O. The minimum atomic E-state index is -0.906. The first-order valence-corrected chi connectivity index (χ1v) is 9.37. The van der Waals surface area contributed by atoms with Gasteiger partial charge in [-0.3, -0.25) is 4.79 Å². The summed E-state index contributed by atoms with van der Waals surface area (Å²) in [5, 5.41) is 14.0. The molecular weight excluding hydrogens is 378 g/mol. The van der Waals surface area contributed by atoms with E-state index in [-0.39, 0.29) is 23.3 Å². The predicted octanol–water partition coefficient (Wildman–Crippen LogP) is 3.01. The van der Waals surface area contributed by atoms with Crippen LogP contribution in [0.3, 0.4) is 0 Å². The molecule has 0 radical (unpaired) electrons. The van der Waals surface area contributed by atoms with Crippen molar-refractivity contribution in [2.75, 3.05) is 5.32 Å². The van der Waals surface area contributed by atoms with Gasteiger partial charge >= 0.3 is 0 Å². The molecule has 3 aromatic rings. The lowest BCUT2D eigenvalue weighted by Gasteiger charge is -2.23. The number of amides is 1. The number of halogens is 2. The quantitative estimate of drug-likeness (QED) is 0.690. The van der Waals surface area contributed by atoms with Gasteiger partial charge in [-0.15, -0.1) is 4.80 Å². The Kier molecular flexibility index (Phi) is 5.20. The highest BCUT2D eigenvalue weighted by Crippen LogP contribution is 2.24. The van der Waals surface area contributed by atoms with E-state index in [1.807, 2.05) is 19.1 Å². The van der Waals surface area contributed by atoms with Crippen LogP contribution in [0.5, 0.6) is 0 Å². The number of anilines is 1. The van der Waals surface area contributed by atoms with Gasteiger partial charge in [0.15, 0.2) is 5.82 Å². The third kappa shape index (κ3) is 4.08. The SMILES string of the molecule is Cc1ccc(N[C@H]2CCC[C@@H]2NC(=O)c2cc(F)cc(F)c2-n2nccn2)nc1. The summed E-state index contributed by atoms with van der Waals surface area (Å²) in [5.74, 6) is -1.60. The largest absolute Gasteiger partial charge is 0.365 e. The molecule has 0 spiro atoms. The predicted molar refractivity (Wildman–Crippen MR) is 103 cm³/mol. The van der Waals surface area contributed by atoms with Crippen molar-refractivity contribution in [3.8, 4) is 5.69 Å². The van der Waals surface area contributed by atoms with Crippen LogP contribution >= 0.6 is 0 Å². The van der Waals surface area contributed by atoms with Gasteiger partial charge in [0, 0.05) is 24.3 Å². The van der Waals surface area contributed by atoms with Gasteiger partial charge in [0.1, 0.15) is 17.3 Å². The fraction of sp³-hybridized carbons (Fsp3) is 0.300. The van der Waals surface area contributed by atoms with Crippen molar-refractivity contribution in [3.63, 3.8) is 0 Å². The van der Waals surface area contributed by atoms with E-state index in [2.05, 4.69) is 25.8 Å². The first kappa shape index (κ1) is 19.0. The molecule has 0 unspecified atom stereocenters. The van der Waals surface area contributed by atoms with E-state index in [1.54, 1.807) is 6.20 Å². The zero-order chi connectivity index (χ0) is 20.4. The molecule has 7 nitrogen and oxygen atoms in total. The van der Waals surface area contributed by atoms with E-state index >= 15 is 0 Å². The normalized spacial score (nSPS) is 18.6. The van der Waals surface area contributed by atoms with E-state index < -0.39 is 17.5 Å². The van der Waals surface area contributed by atoms with Gasteiger partial charge in [-0.25, -0.2) is 13.8 Å². The summed E-state index contributed by atoms with van der Waals surface area (Å²) < 4.78 is 28.2. The maximum absolute atomic E-state index is 14.4. The second-order valence-corrected chi connectivity index (χ2v) is 7.08. The Bertz CT molecular complexity index is 1010. The number of nitrogens with one attached hydrogen (secondary N) is 2. The van der Waals surface area contributed by atoms with Crippen LogP contribution in [0.1, 0.15) is 35.2 Å². The average Bonchev–Trinajstić information content (AvgIpc) is 3.35. The van der Waals surface area contributed by atoms with Gasteiger partial charge in [-0.05, 0) is 43.9 Å². The van der Waals surface area contributed by atoms with Crippen LogP contribution < -0.4 is 10.6 Å². The second-order valence-electron chi connectivity index (χ2n) is 7.08. The zero-order valence-corrected chi connectivity index (χ0v) is 15.8. The number of carbonyl (C=O) groups is 1. The van der Waals surface area contributed by atoms with Crippen molar-refractivity contribution >= 4 is 11.7 Å². The van der Waals surface area contributed by atoms with Crippen LogP contribution in [0.2, 0.25) is 0 Å². The minimum absolute atomic E-state index is 0.0289. The molecule has 4 rings (SSSR count). The number of aryl methyl sites for hydroxylation is 1. The van der Waals surface area contributed by atoms with E-state index in [0.717, 1.165) is 41.5 Å². The first-order chi connectivity index (χ1) is 14.0. The van der Waals surface area contributed by atoms with Gasteiger partial charge in [0.25, 0.3) is 5.91 Å². The van der Waals surface area contributed by atoms with E-state index in [9.17, 15) is 13.6 Å². The molecule has 1 aliphatic rings. The number of hydrogen-bond acceptors (Lipinski definition) is 5. The van der Waals surface area contributed by atoms with Crippen molar-refractivity contribution in [2.45, 2.75) is 38.3 Å². The lowest BCUT2D eigenvalue weighted by atomic mass is 10.1. The molecule has 2 aromatic heterocycles. The zero-order valence-electron chi connectivity index (χ0n) is 15.8. The molecule has 1 aromatic carbocycles. The van der Waals surface area contributed by atoms with Gasteiger partial charge < -0.3 is 10.6 Å². The summed E-state index contributed by atoms with van der Waals surface area (Å²) in [6.07, 6.45) is 7.00. The van der Waals surface area contributed by atoms with Crippen molar-refractivity contribution in [1.29, 1.82) is 0 Å². The van der Waals surface area contributed by atoms with E-state index in [4.69, 9.17) is 0 Å². The van der Waals surface area contributed by atoms with Crippen LogP contribution in [-0.4, -0.2) is 38.0 Å². The smallest absolute Gasteiger partial charge is 0.254 e. The van der Waals surface area contributed by atoms with Gasteiger partial charge in [-0.2, -0.15) is 10.2 Å². The molecule has 29 heavy (non-hydrogen) atoms. The first-order valence-electron chi connectivity index (χ1n) is 9.37. The average molecular weight is 398 g/mol. The number of hydrogen-bond donors (Lipinski definition) is 2. The summed E-state index contributed by atoms with van der Waals surface area (Å²) in [5.41, 5.74) is 0.717. The van der Waals surface area contributed by atoms with Crippen molar-refractivity contribution in [2.24, 2.45) is 0 Å². The third-order valence-corrected chi connectivity index (χ3v) is 4.97. The number of carbonyl (C=O) groups excluding carboxylic acids is 1. The summed E-state index contributed by atoms with van der Waals surface area (Å²) in [7, 11) is 0. The number of nitrogens with zero attached hydrogens (tertiary/aromatic N) is 4. The Hall–Kier alpha value is -3.36. The monoisotopic (exact) mass is 398 g/mol. The van der Waals surface area contributed by atoms with Crippen LogP contribution in [0.15, 0.2) is 42.9 Å². The standard InChI is InChI=1S/C20H20F2N6O/c1-12-5-6-18(23-11-12)26-16-3-2-4-17(16)27-20(29)14-9-13(21)10-15(22)19(14)28-24-7-8-25-28/h5-11,16-17H,2-4H2,1H3,(H,23,26)(H,27,29)/t16-,17-/m0/s1. The molecule has 1 amide bonds. The van der Waals surface area contributed by atoms with Crippen LogP contribution in [0.4, 0.5) is 14.6 Å². The lowest BCUT2D eigenvalue weighted by molar-refractivity contribution is 0.0934. The topological polar surface area (TPSA) is 84.7 Å². The molecule has 150 valence electrons. The molecule has 1 aliphatic carbocycles. The Morgan fingerprint density at radius 2 is 1.90 bits per heavy atom. The highest BCUT2D eigenvalue weighted by Gasteiger charge is 2.30. The van der Waals surface area contributed by atoms with Gasteiger partial charge in [0.2, 0.25) is 0 Å². The summed E-state index contributed by atoms with van der Waals surface area (Å²) in [6.45, 7) is 1.96. The van der Waals surface area contributed by atoms with Crippen LogP contribution in [0, 0.1) is 18.6 Å². The Balaban J connectivity index is 1.55. The van der Waals surface area contributed by atoms with Crippen LogP contribution in [0.25, 0.3) is 5.69 Å². The maximum Gasteiger partial charge on any atom is 0.254 e. The fourth-order valence-electron chi connectivity index (χ4n) is 3.57. The fourth-order valence-corrected chi connectivity index (χ4v) is 3.57. The van der Waals surface area contributed by atoms with E-state index in [1.165, 1.54) is 12.4 Å². The van der Waals surface area contributed by atoms with Crippen LogP contribution in [-0.2, 0) is 0 Å². The minimum Gasteiger partial charge on any atom is -0.365 e. The molecule has 0 saturated heterocycles. The molecule has 2 atom stereocenters. The highest BCUT2D eigenvalue weighted by atomic mass is 19.1. The van der Waals surface area contributed by atoms with Crippen molar-refractivity contribution in [1.82, 2.24) is 25.3 Å².